The highest BCUT2D eigenvalue weighted by Crippen LogP contribution is 2.32. The van der Waals surface area contributed by atoms with E-state index in [-0.39, 0.29) is 11.8 Å². The van der Waals surface area contributed by atoms with Crippen molar-refractivity contribution in [2.24, 2.45) is 0 Å². The van der Waals surface area contributed by atoms with E-state index in [4.69, 9.17) is 4.74 Å². The number of carbonyl (C=O) groups excluding carboxylic acids is 2. The maximum absolute atomic E-state index is 12.5. The summed E-state index contributed by atoms with van der Waals surface area (Å²) in [5, 5.41) is 4.68. The lowest BCUT2D eigenvalue weighted by Gasteiger charge is -2.45. The van der Waals surface area contributed by atoms with Gasteiger partial charge in [0, 0.05) is 18.3 Å². The number of hydrogen-bond donors (Lipinski definition) is 1. The van der Waals surface area contributed by atoms with Crippen molar-refractivity contribution >= 4 is 23.2 Å². The van der Waals surface area contributed by atoms with Crippen LogP contribution in [0.25, 0.3) is 0 Å². The molecule has 4 rings (SSSR count). The molecule has 23 heavy (non-hydrogen) atoms. The van der Waals surface area contributed by atoms with Gasteiger partial charge >= 0.3 is 0 Å². The van der Waals surface area contributed by atoms with E-state index < -0.39 is 5.72 Å². The molecule has 1 atom stereocenters. The second kappa shape index (κ2) is 5.34. The maximum Gasteiger partial charge on any atom is 0.273 e. The van der Waals surface area contributed by atoms with Gasteiger partial charge in [-0.3, -0.25) is 9.59 Å². The Balaban J connectivity index is 1.60. The zero-order chi connectivity index (χ0) is 15.9. The SMILES string of the molecule is O=C1NC2(CCCN(C(=O)c3cscn3)C2)Oc2ccccc21. The summed E-state index contributed by atoms with van der Waals surface area (Å²) in [6.07, 6.45) is 1.44. The average molecular weight is 329 g/mol. The van der Waals surface area contributed by atoms with Gasteiger partial charge in [0.05, 0.1) is 17.6 Å². The number of aromatic nitrogens is 1. The Morgan fingerprint density at radius 2 is 2.26 bits per heavy atom. The number of nitrogens with zero attached hydrogens (tertiary/aromatic N) is 2. The van der Waals surface area contributed by atoms with Crippen molar-refractivity contribution in [2.75, 3.05) is 13.1 Å². The van der Waals surface area contributed by atoms with Crippen molar-refractivity contribution in [3.8, 4) is 5.75 Å². The van der Waals surface area contributed by atoms with Crippen LogP contribution in [0.3, 0.4) is 0 Å². The number of nitrogens with one attached hydrogen (secondary N) is 1. The lowest BCUT2D eigenvalue weighted by Crippen LogP contribution is -2.64. The van der Waals surface area contributed by atoms with E-state index in [1.165, 1.54) is 11.3 Å². The third-order valence-corrected chi connectivity index (χ3v) is 4.76. The quantitative estimate of drug-likeness (QED) is 0.867. The highest BCUT2D eigenvalue weighted by Gasteiger charge is 2.44. The van der Waals surface area contributed by atoms with E-state index >= 15 is 0 Å². The van der Waals surface area contributed by atoms with Crippen molar-refractivity contribution in [1.29, 1.82) is 0 Å². The van der Waals surface area contributed by atoms with Crippen molar-refractivity contribution in [1.82, 2.24) is 15.2 Å². The van der Waals surface area contributed by atoms with Crippen LogP contribution in [0.5, 0.6) is 5.75 Å². The minimum Gasteiger partial charge on any atom is -0.465 e. The van der Waals surface area contributed by atoms with Crippen LogP contribution >= 0.6 is 11.3 Å². The van der Waals surface area contributed by atoms with Gasteiger partial charge in [-0.05, 0) is 18.6 Å². The number of para-hydroxylation sites is 1. The molecule has 3 heterocycles. The first-order valence-electron chi connectivity index (χ1n) is 7.45. The standard InChI is InChI=1S/C16H15N3O3S/c20-14-11-4-1-2-5-13(11)22-16(18-14)6-3-7-19(9-16)15(21)12-8-23-10-17-12/h1-2,4-5,8,10H,3,6-7,9H2,(H,18,20). The van der Waals surface area contributed by atoms with E-state index in [1.54, 1.807) is 34.0 Å². The molecule has 1 saturated heterocycles. The third kappa shape index (κ3) is 2.46. The molecular formula is C16H15N3O3S. The van der Waals surface area contributed by atoms with Crippen molar-refractivity contribution < 1.29 is 14.3 Å². The molecule has 1 aromatic heterocycles. The summed E-state index contributed by atoms with van der Waals surface area (Å²) in [4.78, 5) is 30.7. The second-order valence-corrected chi connectivity index (χ2v) is 6.47. The van der Waals surface area contributed by atoms with Crippen molar-refractivity contribution in [2.45, 2.75) is 18.6 Å². The fourth-order valence-electron chi connectivity index (χ4n) is 3.11. The molecule has 0 aliphatic carbocycles. The molecule has 2 aromatic rings. The Morgan fingerprint density at radius 1 is 1.39 bits per heavy atom. The number of amides is 2. The van der Waals surface area contributed by atoms with Crippen molar-refractivity contribution in [3.63, 3.8) is 0 Å². The minimum absolute atomic E-state index is 0.123. The molecule has 1 aromatic carbocycles. The summed E-state index contributed by atoms with van der Waals surface area (Å²) in [6.45, 7) is 0.961. The topological polar surface area (TPSA) is 71.5 Å². The van der Waals surface area contributed by atoms with E-state index in [2.05, 4.69) is 10.3 Å². The molecule has 2 aliphatic rings. The maximum atomic E-state index is 12.5. The van der Waals surface area contributed by atoms with Gasteiger partial charge in [-0.1, -0.05) is 12.1 Å². The fraction of sp³-hybridized carbons (Fsp3) is 0.312. The van der Waals surface area contributed by atoms with Crippen LogP contribution in [0.2, 0.25) is 0 Å². The molecular weight excluding hydrogens is 314 g/mol. The lowest BCUT2D eigenvalue weighted by molar-refractivity contribution is -0.0315. The Hall–Kier alpha value is -2.41. The number of likely N-dealkylation sites (tertiary alicyclic amines) is 1. The highest BCUT2D eigenvalue weighted by atomic mass is 32.1. The molecule has 2 amide bonds. The Labute approximate surface area is 137 Å². The largest absolute Gasteiger partial charge is 0.465 e. The Morgan fingerprint density at radius 3 is 3.09 bits per heavy atom. The van der Waals surface area contributed by atoms with Crippen LogP contribution in [0.4, 0.5) is 0 Å². The number of thiazole rings is 1. The van der Waals surface area contributed by atoms with Gasteiger partial charge in [-0.25, -0.2) is 4.98 Å². The summed E-state index contributed by atoms with van der Waals surface area (Å²) in [5.41, 5.74) is 1.76. The summed E-state index contributed by atoms with van der Waals surface area (Å²) < 4.78 is 6.08. The Bertz CT molecular complexity index is 762. The number of carbonyl (C=O) groups is 2. The monoisotopic (exact) mass is 329 g/mol. The normalized spacial score (nSPS) is 23.1. The van der Waals surface area contributed by atoms with Crippen LogP contribution in [-0.4, -0.2) is 40.5 Å². The van der Waals surface area contributed by atoms with E-state index in [9.17, 15) is 9.59 Å². The number of ether oxygens (including phenoxy) is 1. The molecule has 1 unspecified atom stereocenters. The second-order valence-electron chi connectivity index (χ2n) is 5.75. The average Bonchev–Trinajstić information content (AvgIpc) is 3.08. The van der Waals surface area contributed by atoms with E-state index in [0.29, 0.717) is 36.5 Å². The van der Waals surface area contributed by atoms with Crippen molar-refractivity contribution in [3.05, 3.63) is 46.4 Å². The first-order chi connectivity index (χ1) is 11.2. The number of benzene rings is 1. The summed E-state index contributed by atoms with van der Waals surface area (Å²) >= 11 is 1.39. The molecule has 7 heteroatoms. The first-order valence-corrected chi connectivity index (χ1v) is 8.39. The highest BCUT2D eigenvalue weighted by molar-refractivity contribution is 7.07. The van der Waals surface area contributed by atoms with Gasteiger partial charge in [0.1, 0.15) is 11.4 Å². The zero-order valence-electron chi connectivity index (χ0n) is 12.3. The lowest BCUT2D eigenvalue weighted by atomic mass is 9.97. The summed E-state index contributed by atoms with van der Waals surface area (Å²) in [7, 11) is 0. The Kier molecular flexibility index (Phi) is 3.30. The molecule has 6 nitrogen and oxygen atoms in total. The van der Waals surface area contributed by atoms with Crippen LogP contribution in [0, 0.1) is 0 Å². The molecule has 118 valence electrons. The first kappa shape index (κ1) is 14.2. The van der Waals surface area contributed by atoms with Gasteiger partial charge in [0.25, 0.3) is 11.8 Å². The van der Waals surface area contributed by atoms with Gasteiger partial charge in [-0.2, -0.15) is 0 Å². The molecule has 1 N–H and O–H groups in total. The number of rotatable bonds is 1. The van der Waals surface area contributed by atoms with Crippen LogP contribution < -0.4 is 10.1 Å². The van der Waals surface area contributed by atoms with Gasteiger partial charge in [0.2, 0.25) is 5.72 Å². The van der Waals surface area contributed by atoms with E-state index in [0.717, 1.165) is 6.42 Å². The summed E-state index contributed by atoms with van der Waals surface area (Å²) in [5.74, 6) is 0.288. The third-order valence-electron chi connectivity index (χ3n) is 4.17. The van der Waals surface area contributed by atoms with Gasteiger partial charge in [-0.15, -0.1) is 11.3 Å². The van der Waals surface area contributed by atoms with Gasteiger partial charge in [0.15, 0.2) is 0 Å². The number of hydrogen-bond acceptors (Lipinski definition) is 5. The molecule has 0 bridgehead atoms. The van der Waals surface area contributed by atoms with Crippen LogP contribution in [-0.2, 0) is 0 Å². The molecule has 2 aliphatic heterocycles. The predicted octanol–water partition coefficient (Wildman–Crippen LogP) is 1.90. The molecule has 1 fully saturated rings. The number of piperidine rings is 1. The summed E-state index contributed by atoms with van der Waals surface area (Å²) in [6, 6.07) is 7.17. The number of fused-ring (bicyclic) bond motifs is 1. The predicted molar refractivity (Wildman–Crippen MR) is 84.5 cm³/mol. The van der Waals surface area contributed by atoms with Crippen LogP contribution in [0.15, 0.2) is 35.2 Å². The van der Waals surface area contributed by atoms with E-state index in [1.807, 2.05) is 6.07 Å². The van der Waals surface area contributed by atoms with Crippen LogP contribution in [0.1, 0.15) is 33.7 Å². The smallest absolute Gasteiger partial charge is 0.273 e. The minimum atomic E-state index is -0.852. The van der Waals surface area contributed by atoms with Gasteiger partial charge < -0.3 is 15.0 Å². The molecule has 0 radical (unpaired) electrons. The molecule has 1 spiro atoms. The zero-order valence-corrected chi connectivity index (χ0v) is 13.1. The molecule has 0 saturated carbocycles. The fourth-order valence-corrected chi connectivity index (χ4v) is 3.64.